The minimum absolute atomic E-state index is 0.0879. The molecule has 2 aromatic heterocycles. The van der Waals surface area contributed by atoms with Gasteiger partial charge in [-0.1, -0.05) is 6.07 Å². The van der Waals surface area contributed by atoms with E-state index in [2.05, 4.69) is 46.7 Å². The number of anilines is 3. The van der Waals surface area contributed by atoms with Crippen molar-refractivity contribution in [3.8, 4) is 0 Å². The first kappa shape index (κ1) is 23.8. The van der Waals surface area contributed by atoms with Gasteiger partial charge in [0, 0.05) is 63.5 Å². The molecule has 0 N–H and O–H groups in total. The summed E-state index contributed by atoms with van der Waals surface area (Å²) in [7, 11) is 0. The Morgan fingerprint density at radius 1 is 0.865 bits per heavy atom. The summed E-state index contributed by atoms with van der Waals surface area (Å²) in [6, 6.07) is 10.2. The summed E-state index contributed by atoms with van der Waals surface area (Å²) in [5, 5.41) is 0. The van der Waals surface area contributed by atoms with Crippen molar-refractivity contribution in [3.63, 3.8) is 0 Å². The van der Waals surface area contributed by atoms with E-state index in [-0.39, 0.29) is 5.91 Å². The molecule has 5 heterocycles. The average molecular weight is 503 g/mol. The van der Waals surface area contributed by atoms with Crippen LogP contribution in [0.3, 0.4) is 0 Å². The van der Waals surface area contributed by atoms with Gasteiger partial charge in [-0.15, -0.1) is 0 Å². The van der Waals surface area contributed by atoms with Crippen LogP contribution in [0.15, 0.2) is 41.0 Å². The minimum atomic E-state index is -0.0879. The lowest BCUT2D eigenvalue weighted by atomic mass is 10.0. The first-order chi connectivity index (χ1) is 18.1. The molecular weight excluding hydrogens is 468 g/mol. The molecule has 0 atom stereocenters. The van der Waals surface area contributed by atoms with E-state index in [1.54, 1.807) is 18.4 Å². The van der Waals surface area contributed by atoms with Crippen LogP contribution in [-0.2, 0) is 17.7 Å². The molecule has 2 fully saturated rings. The highest BCUT2D eigenvalue weighted by atomic mass is 16.5. The Morgan fingerprint density at radius 3 is 2.38 bits per heavy atom. The van der Waals surface area contributed by atoms with Gasteiger partial charge in [-0.25, -0.2) is 4.98 Å². The third kappa shape index (κ3) is 4.75. The lowest BCUT2D eigenvalue weighted by Crippen LogP contribution is -2.48. The Kier molecular flexibility index (Phi) is 6.46. The Morgan fingerprint density at radius 2 is 1.65 bits per heavy atom. The van der Waals surface area contributed by atoms with Gasteiger partial charge >= 0.3 is 0 Å². The number of ether oxygens (including phenoxy) is 1. The van der Waals surface area contributed by atoms with Crippen molar-refractivity contribution < 1.29 is 13.9 Å². The largest absolute Gasteiger partial charge is 0.459 e. The zero-order chi connectivity index (χ0) is 25.4. The van der Waals surface area contributed by atoms with E-state index in [0.29, 0.717) is 38.5 Å². The maximum Gasteiger partial charge on any atom is 0.289 e. The standard InChI is InChI=1S/C28H34N6O3/c1-20-5-6-22(18-21(20)2)31-9-11-33(12-10-31)28-29-24-7-8-34(27(35)25-4-3-15-37-25)19-23(24)26(30-28)32-13-16-36-17-14-32/h3-6,15,18H,7-14,16-17,19H2,1-2H3. The van der Waals surface area contributed by atoms with E-state index in [9.17, 15) is 4.79 Å². The highest BCUT2D eigenvalue weighted by Crippen LogP contribution is 2.31. The average Bonchev–Trinajstić information content (AvgIpc) is 3.49. The Hall–Kier alpha value is -3.59. The number of piperazine rings is 1. The molecule has 9 heteroatoms. The van der Waals surface area contributed by atoms with Crippen molar-refractivity contribution in [2.24, 2.45) is 0 Å². The highest BCUT2D eigenvalue weighted by molar-refractivity contribution is 5.91. The molecule has 0 aliphatic carbocycles. The third-order valence-corrected chi connectivity index (χ3v) is 7.77. The molecule has 37 heavy (non-hydrogen) atoms. The number of rotatable bonds is 4. The third-order valence-electron chi connectivity index (χ3n) is 7.77. The van der Waals surface area contributed by atoms with Crippen LogP contribution in [0.4, 0.5) is 17.5 Å². The number of morpholine rings is 1. The molecule has 194 valence electrons. The number of aryl methyl sites for hydroxylation is 2. The molecule has 1 aromatic carbocycles. The zero-order valence-electron chi connectivity index (χ0n) is 21.7. The Bertz CT molecular complexity index is 1260. The number of nitrogens with zero attached hydrogens (tertiary/aromatic N) is 6. The summed E-state index contributed by atoms with van der Waals surface area (Å²) in [6.07, 6.45) is 2.25. The molecule has 3 aliphatic heterocycles. The van der Waals surface area contributed by atoms with Gasteiger partial charge < -0.3 is 28.8 Å². The number of carbonyl (C=O) groups excluding carboxylic acids is 1. The summed E-state index contributed by atoms with van der Waals surface area (Å²) in [6.45, 7) is 12.0. The maximum absolute atomic E-state index is 13.0. The van der Waals surface area contributed by atoms with E-state index in [1.807, 2.05) is 4.90 Å². The normalized spacial score (nSPS) is 18.2. The second-order valence-electron chi connectivity index (χ2n) is 10.1. The van der Waals surface area contributed by atoms with Crippen LogP contribution in [0.5, 0.6) is 0 Å². The summed E-state index contributed by atoms with van der Waals surface area (Å²) in [5.74, 6) is 2.02. The van der Waals surface area contributed by atoms with Gasteiger partial charge in [0.1, 0.15) is 5.82 Å². The molecule has 3 aromatic rings. The molecule has 0 saturated carbocycles. The summed E-state index contributed by atoms with van der Waals surface area (Å²) in [5.41, 5.74) is 6.03. The van der Waals surface area contributed by atoms with E-state index in [0.717, 1.165) is 62.3 Å². The van der Waals surface area contributed by atoms with E-state index in [1.165, 1.54) is 16.8 Å². The van der Waals surface area contributed by atoms with Crippen molar-refractivity contribution >= 4 is 23.4 Å². The summed E-state index contributed by atoms with van der Waals surface area (Å²) < 4.78 is 11.0. The van der Waals surface area contributed by atoms with Crippen LogP contribution in [0.2, 0.25) is 0 Å². The fourth-order valence-electron chi connectivity index (χ4n) is 5.38. The summed E-state index contributed by atoms with van der Waals surface area (Å²) in [4.78, 5) is 32.1. The van der Waals surface area contributed by atoms with Crippen molar-refractivity contribution in [3.05, 3.63) is 64.7 Å². The molecule has 0 bridgehead atoms. The number of aromatic nitrogens is 2. The fourth-order valence-corrected chi connectivity index (χ4v) is 5.38. The lowest BCUT2D eigenvalue weighted by molar-refractivity contribution is 0.0700. The van der Waals surface area contributed by atoms with Gasteiger partial charge in [0.05, 0.1) is 31.7 Å². The van der Waals surface area contributed by atoms with Crippen molar-refractivity contribution in [2.45, 2.75) is 26.8 Å². The number of fused-ring (bicyclic) bond motifs is 1. The molecule has 9 nitrogen and oxygen atoms in total. The van der Waals surface area contributed by atoms with Crippen molar-refractivity contribution in [2.75, 3.05) is 73.7 Å². The van der Waals surface area contributed by atoms with E-state index < -0.39 is 0 Å². The van der Waals surface area contributed by atoms with E-state index >= 15 is 0 Å². The number of benzene rings is 1. The van der Waals surface area contributed by atoms with Crippen LogP contribution in [0.25, 0.3) is 0 Å². The molecule has 0 radical (unpaired) electrons. The van der Waals surface area contributed by atoms with Crippen LogP contribution < -0.4 is 14.7 Å². The minimum Gasteiger partial charge on any atom is -0.459 e. The number of hydrogen-bond acceptors (Lipinski definition) is 8. The topological polar surface area (TPSA) is 78.2 Å². The quantitative estimate of drug-likeness (QED) is 0.539. The van der Waals surface area contributed by atoms with Gasteiger partial charge in [0.15, 0.2) is 5.76 Å². The van der Waals surface area contributed by atoms with Gasteiger partial charge in [-0.2, -0.15) is 4.98 Å². The SMILES string of the molecule is Cc1ccc(N2CCN(c3nc4c(c(N5CCOCC5)n3)CN(C(=O)c3ccco3)CC4)CC2)cc1C. The van der Waals surface area contributed by atoms with Crippen molar-refractivity contribution in [1.29, 1.82) is 0 Å². The molecule has 0 spiro atoms. The second kappa shape index (κ2) is 10.0. The molecule has 6 rings (SSSR count). The highest BCUT2D eigenvalue weighted by Gasteiger charge is 2.31. The number of furan rings is 1. The monoisotopic (exact) mass is 502 g/mol. The Labute approximate surface area is 217 Å². The summed E-state index contributed by atoms with van der Waals surface area (Å²) >= 11 is 0. The molecule has 2 saturated heterocycles. The lowest BCUT2D eigenvalue weighted by Gasteiger charge is -2.38. The van der Waals surface area contributed by atoms with Crippen LogP contribution in [-0.4, -0.2) is 79.8 Å². The predicted molar refractivity (Wildman–Crippen MR) is 143 cm³/mol. The number of amides is 1. The van der Waals surface area contributed by atoms with Crippen LogP contribution >= 0.6 is 0 Å². The van der Waals surface area contributed by atoms with E-state index in [4.69, 9.17) is 19.1 Å². The molecular formula is C28H34N6O3. The molecule has 1 amide bonds. The maximum atomic E-state index is 13.0. The van der Waals surface area contributed by atoms with Crippen LogP contribution in [0, 0.1) is 13.8 Å². The fraction of sp³-hybridized carbons (Fsp3) is 0.464. The smallest absolute Gasteiger partial charge is 0.289 e. The predicted octanol–water partition coefficient (Wildman–Crippen LogP) is 3.05. The van der Waals surface area contributed by atoms with Gasteiger partial charge in [0.25, 0.3) is 5.91 Å². The number of hydrogen-bond donors (Lipinski definition) is 0. The van der Waals surface area contributed by atoms with Gasteiger partial charge in [0.2, 0.25) is 5.95 Å². The second-order valence-corrected chi connectivity index (χ2v) is 10.1. The van der Waals surface area contributed by atoms with Gasteiger partial charge in [-0.05, 0) is 49.2 Å². The number of carbonyl (C=O) groups is 1. The first-order valence-corrected chi connectivity index (χ1v) is 13.2. The van der Waals surface area contributed by atoms with Crippen molar-refractivity contribution in [1.82, 2.24) is 14.9 Å². The molecule has 0 unspecified atom stereocenters. The molecule has 3 aliphatic rings. The van der Waals surface area contributed by atoms with Gasteiger partial charge in [-0.3, -0.25) is 4.79 Å². The van der Waals surface area contributed by atoms with Crippen LogP contribution in [0.1, 0.15) is 32.9 Å². The zero-order valence-corrected chi connectivity index (χ0v) is 21.7. The Balaban J connectivity index is 1.24. The first-order valence-electron chi connectivity index (χ1n) is 13.2.